The van der Waals surface area contributed by atoms with Crippen LogP contribution in [0.3, 0.4) is 0 Å². The van der Waals surface area contributed by atoms with Crippen LogP contribution in [0.15, 0.2) is 12.3 Å². The molecule has 0 aromatic carbocycles. The van der Waals surface area contributed by atoms with E-state index in [0.29, 0.717) is 10.9 Å². The van der Waals surface area contributed by atoms with Gasteiger partial charge in [0.15, 0.2) is 5.65 Å². The zero-order chi connectivity index (χ0) is 13.7. The van der Waals surface area contributed by atoms with E-state index in [1.54, 1.807) is 6.20 Å². The number of imidazole rings is 1. The molecule has 6 heteroatoms. The van der Waals surface area contributed by atoms with Gasteiger partial charge in [-0.3, -0.25) is 0 Å². The predicted molar refractivity (Wildman–Crippen MR) is 84.6 cm³/mol. The Balaban J connectivity index is 2.24. The second-order valence-electron chi connectivity index (χ2n) is 4.31. The minimum Gasteiger partial charge on any atom is -0.313 e. The highest BCUT2D eigenvalue weighted by Crippen LogP contribution is 2.19. The Morgan fingerprint density at radius 2 is 2.21 bits per heavy atom. The maximum absolute atomic E-state index is 5.96. The third-order valence-corrected chi connectivity index (χ3v) is 4.02. The van der Waals surface area contributed by atoms with Crippen molar-refractivity contribution in [3.05, 3.63) is 23.1 Å². The first kappa shape index (κ1) is 14.9. The van der Waals surface area contributed by atoms with Gasteiger partial charge in [0.1, 0.15) is 11.3 Å². The summed E-state index contributed by atoms with van der Waals surface area (Å²) in [6, 6.07) is 1.86. The molecule has 0 N–H and O–H groups in total. The van der Waals surface area contributed by atoms with E-state index < -0.39 is 0 Å². The highest BCUT2D eigenvalue weighted by molar-refractivity contribution is 7.98. The van der Waals surface area contributed by atoms with Crippen LogP contribution in [0.1, 0.15) is 18.7 Å². The summed E-state index contributed by atoms with van der Waals surface area (Å²) in [6.07, 6.45) is 6.90. The third-order valence-electron chi connectivity index (χ3n) is 2.93. The van der Waals surface area contributed by atoms with Crippen LogP contribution in [0, 0.1) is 0 Å². The van der Waals surface area contributed by atoms with E-state index in [-0.39, 0.29) is 0 Å². The molecule has 0 saturated heterocycles. The molecule has 0 aliphatic heterocycles. The fraction of sp³-hybridized carbons (Fsp3) is 0.538. The van der Waals surface area contributed by atoms with Crippen molar-refractivity contribution >= 4 is 46.1 Å². The van der Waals surface area contributed by atoms with E-state index in [9.17, 15) is 0 Å². The molecule has 0 aliphatic rings. The van der Waals surface area contributed by atoms with E-state index in [2.05, 4.69) is 20.8 Å². The lowest BCUT2D eigenvalue weighted by Gasteiger charge is -2.07. The quantitative estimate of drug-likeness (QED) is 0.571. The van der Waals surface area contributed by atoms with Gasteiger partial charge in [0.25, 0.3) is 0 Å². The van der Waals surface area contributed by atoms with Crippen LogP contribution >= 0.6 is 35.0 Å². The van der Waals surface area contributed by atoms with Crippen LogP contribution < -0.4 is 0 Å². The Labute approximate surface area is 127 Å². The smallest absolute Gasteiger partial charge is 0.160 e. The molecular weight excluding hydrogens is 301 g/mol. The molecule has 2 aromatic heterocycles. The van der Waals surface area contributed by atoms with Gasteiger partial charge in [-0.2, -0.15) is 11.8 Å². The summed E-state index contributed by atoms with van der Waals surface area (Å²) >= 11 is 13.7. The van der Waals surface area contributed by atoms with Crippen molar-refractivity contribution in [3.63, 3.8) is 0 Å². The summed E-state index contributed by atoms with van der Waals surface area (Å²) in [6.45, 7) is 0.942. The maximum Gasteiger partial charge on any atom is 0.160 e. The van der Waals surface area contributed by atoms with Crippen molar-refractivity contribution < 1.29 is 0 Å². The Morgan fingerprint density at radius 3 is 2.95 bits per heavy atom. The number of halogens is 2. The zero-order valence-electron chi connectivity index (χ0n) is 10.9. The van der Waals surface area contributed by atoms with Gasteiger partial charge < -0.3 is 4.57 Å². The number of unbranched alkanes of at least 4 members (excludes halogenated alkanes) is 1. The first-order valence-corrected chi connectivity index (χ1v) is 8.62. The van der Waals surface area contributed by atoms with E-state index in [1.807, 2.05) is 17.8 Å². The molecule has 104 valence electrons. The van der Waals surface area contributed by atoms with Crippen molar-refractivity contribution in [2.75, 3.05) is 17.9 Å². The van der Waals surface area contributed by atoms with Crippen molar-refractivity contribution in [3.8, 4) is 0 Å². The van der Waals surface area contributed by atoms with Gasteiger partial charge in [-0.05, 0) is 30.9 Å². The van der Waals surface area contributed by atoms with Gasteiger partial charge >= 0.3 is 0 Å². The second-order valence-corrected chi connectivity index (χ2v) is 6.11. The lowest BCUT2D eigenvalue weighted by atomic mass is 10.3. The molecular formula is C13H17Cl2N3S. The van der Waals surface area contributed by atoms with Crippen LogP contribution in [-0.2, 0) is 13.0 Å². The first-order chi connectivity index (χ1) is 9.26. The number of rotatable bonds is 7. The molecule has 0 spiro atoms. The van der Waals surface area contributed by atoms with Crippen LogP contribution in [0.2, 0.25) is 5.02 Å². The van der Waals surface area contributed by atoms with Crippen LogP contribution in [0.25, 0.3) is 11.2 Å². The van der Waals surface area contributed by atoms with Crippen molar-refractivity contribution in [2.45, 2.75) is 25.8 Å². The van der Waals surface area contributed by atoms with E-state index >= 15 is 0 Å². The first-order valence-electron chi connectivity index (χ1n) is 6.32. The van der Waals surface area contributed by atoms with Crippen molar-refractivity contribution in [1.29, 1.82) is 0 Å². The molecule has 0 fully saturated rings. The van der Waals surface area contributed by atoms with Crippen LogP contribution in [0.4, 0.5) is 0 Å². The average molecular weight is 318 g/mol. The molecule has 0 saturated carbocycles. The Bertz CT molecular complexity index is 542. The molecule has 0 amide bonds. The van der Waals surface area contributed by atoms with Crippen LogP contribution in [0.5, 0.6) is 0 Å². The summed E-state index contributed by atoms with van der Waals surface area (Å²) in [7, 11) is 0. The summed E-state index contributed by atoms with van der Waals surface area (Å²) in [4.78, 5) is 8.99. The molecule has 19 heavy (non-hydrogen) atoms. The minimum absolute atomic E-state index is 0.571. The van der Waals surface area contributed by atoms with E-state index in [0.717, 1.165) is 36.4 Å². The van der Waals surface area contributed by atoms with Gasteiger partial charge in [-0.1, -0.05) is 11.6 Å². The molecule has 3 nitrogen and oxygen atoms in total. The fourth-order valence-corrected chi connectivity index (χ4v) is 2.87. The molecule has 2 heterocycles. The number of fused-ring (bicyclic) bond motifs is 1. The molecule has 0 unspecified atom stereocenters. The normalized spacial score (nSPS) is 11.3. The van der Waals surface area contributed by atoms with E-state index in [1.165, 1.54) is 12.2 Å². The number of aromatic nitrogens is 3. The average Bonchev–Trinajstić information content (AvgIpc) is 2.72. The third kappa shape index (κ3) is 3.77. The topological polar surface area (TPSA) is 30.7 Å². The van der Waals surface area contributed by atoms with Crippen LogP contribution in [-0.4, -0.2) is 32.4 Å². The Kier molecular flexibility index (Phi) is 5.79. The second kappa shape index (κ2) is 7.36. The highest BCUT2D eigenvalue weighted by Gasteiger charge is 2.11. The van der Waals surface area contributed by atoms with Crippen molar-refractivity contribution in [1.82, 2.24) is 14.5 Å². The Morgan fingerprint density at radius 1 is 1.37 bits per heavy atom. The number of hydrogen-bond donors (Lipinski definition) is 0. The van der Waals surface area contributed by atoms with Gasteiger partial charge in [-0.15, -0.1) is 11.6 Å². The molecule has 0 aliphatic carbocycles. The molecule has 2 rings (SSSR count). The largest absolute Gasteiger partial charge is 0.313 e. The Hall–Kier alpha value is -0.450. The number of hydrogen-bond acceptors (Lipinski definition) is 3. The number of thioether (sulfide) groups is 1. The van der Waals surface area contributed by atoms with Gasteiger partial charge in [0.05, 0.1) is 5.02 Å². The number of alkyl halides is 1. The number of aryl methyl sites for hydroxylation is 2. The molecule has 0 radical (unpaired) electrons. The van der Waals surface area contributed by atoms with Gasteiger partial charge in [0, 0.05) is 25.0 Å². The van der Waals surface area contributed by atoms with E-state index in [4.69, 9.17) is 23.2 Å². The summed E-state index contributed by atoms with van der Waals surface area (Å²) in [5.41, 5.74) is 1.77. The number of nitrogens with zero attached hydrogens (tertiary/aromatic N) is 3. The highest BCUT2D eigenvalue weighted by atomic mass is 35.5. The SMILES string of the molecule is CSCCCCn1c(CCCl)nc2cc(Cl)cnc21. The summed E-state index contributed by atoms with van der Waals surface area (Å²) < 4.78 is 2.17. The predicted octanol–water partition coefficient (Wildman–Crippen LogP) is 4.01. The molecule has 0 atom stereocenters. The monoisotopic (exact) mass is 317 g/mol. The lowest BCUT2D eigenvalue weighted by Crippen LogP contribution is -2.06. The van der Waals surface area contributed by atoms with Gasteiger partial charge in [0.2, 0.25) is 0 Å². The molecule has 2 aromatic rings. The van der Waals surface area contributed by atoms with Crippen molar-refractivity contribution in [2.24, 2.45) is 0 Å². The standard InChI is InChI=1S/C13H17Cl2N3S/c1-19-7-3-2-6-18-12(4-5-14)17-11-8-10(15)9-16-13(11)18/h8-9H,2-7H2,1H3. The lowest BCUT2D eigenvalue weighted by molar-refractivity contribution is 0.619. The molecule has 0 bridgehead atoms. The summed E-state index contributed by atoms with van der Waals surface area (Å²) in [5, 5.41) is 0.622. The summed E-state index contributed by atoms with van der Waals surface area (Å²) in [5.74, 6) is 2.77. The maximum atomic E-state index is 5.96. The van der Waals surface area contributed by atoms with Gasteiger partial charge in [-0.25, -0.2) is 9.97 Å². The minimum atomic E-state index is 0.571. The number of pyridine rings is 1. The fourth-order valence-electron chi connectivity index (χ4n) is 2.06. The zero-order valence-corrected chi connectivity index (χ0v) is 13.2.